The Kier molecular flexibility index (Phi) is 9.86. The summed E-state index contributed by atoms with van der Waals surface area (Å²) in [5.41, 5.74) is 0.541. The predicted molar refractivity (Wildman–Crippen MR) is 45.0 cm³/mol. The molecule has 0 aliphatic carbocycles. The van der Waals surface area contributed by atoms with E-state index < -0.39 is 5.24 Å². The molecule has 0 spiro atoms. The molecule has 68 valence electrons. The van der Waals surface area contributed by atoms with E-state index in [1.807, 2.05) is 6.07 Å². The first-order valence-electron chi connectivity index (χ1n) is 2.89. The molecule has 1 aromatic carbocycles. The lowest BCUT2D eigenvalue weighted by Crippen LogP contribution is -3.00. The van der Waals surface area contributed by atoms with Crippen LogP contribution in [0.3, 0.4) is 0 Å². The number of nitrogens with two attached hydrogens (primary N) is 2. The van der Waals surface area contributed by atoms with Crippen LogP contribution in [0.2, 0.25) is 0 Å². The topological polar surface area (TPSA) is 69.1 Å². The molecule has 0 amide bonds. The van der Waals surface area contributed by atoms with E-state index in [1.54, 1.807) is 24.3 Å². The van der Waals surface area contributed by atoms with Crippen molar-refractivity contribution in [1.29, 1.82) is 0 Å². The van der Waals surface area contributed by atoms with Gasteiger partial charge in [0.15, 0.2) is 0 Å². The predicted octanol–water partition coefficient (Wildman–Crippen LogP) is -2.11. The minimum absolute atomic E-state index is 0. The van der Waals surface area contributed by atoms with Gasteiger partial charge in [-0.1, -0.05) is 30.3 Å². The van der Waals surface area contributed by atoms with Gasteiger partial charge < -0.3 is 12.4 Å². The maximum absolute atomic E-state index is 10.4. The Morgan fingerprint density at radius 3 is 1.83 bits per heavy atom. The molecule has 0 atom stereocenters. The van der Waals surface area contributed by atoms with E-state index in [-0.39, 0.29) is 12.4 Å². The molecule has 0 heterocycles. The van der Waals surface area contributed by atoms with Crippen molar-refractivity contribution in [2.45, 2.75) is 0 Å². The molecule has 12 heavy (non-hydrogen) atoms. The number of carbonyl (C=O) groups is 1. The van der Waals surface area contributed by atoms with Gasteiger partial charge in [0.05, 0.1) is 0 Å². The van der Waals surface area contributed by atoms with Crippen LogP contribution < -0.4 is 24.1 Å². The number of hydrogen-bond acceptors (Lipinski definition) is 3. The Morgan fingerprint density at radius 1 is 1.17 bits per heavy atom. The van der Waals surface area contributed by atoms with Gasteiger partial charge in [0, 0.05) is 5.56 Å². The lowest BCUT2D eigenvalue weighted by molar-refractivity contribution is -0.00000935. The average Bonchev–Trinajstić information content (AvgIpc) is 2.10. The zero-order valence-electron chi connectivity index (χ0n) is 6.21. The van der Waals surface area contributed by atoms with Crippen molar-refractivity contribution in [2.24, 2.45) is 11.7 Å². The highest BCUT2D eigenvalue weighted by molar-refractivity contribution is 6.67. The number of hydrazine groups is 1. The molecule has 4 N–H and O–H groups in total. The lowest BCUT2D eigenvalue weighted by atomic mass is 10.2. The number of hydrogen-bond donors (Lipinski definition) is 2. The third kappa shape index (κ3) is 5.09. The van der Waals surface area contributed by atoms with Crippen LogP contribution >= 0.6 is 11.6 Å². The van der Waals surface area contributed by atoms with E-state index in [1.165, 1.54) is 0 Å². The molecule has 0 saturated heterocycles. The third-order valence-electron chi connectivity index (χ3n) is 1.00. The summed E-state index contributed by atoms with van der Waals surface area (Å²) in [6.07, 6.45) is 0. The Balaban J connectivity index is 0. The van der Waals surface area contributed by atoms with Crippen LogP contribution in [-0.4, -0.2) is 5.24 Å². The fourth-order valence-corrected chi connectivity index (χ4v) is 0.695. The SMILES string of the molecule is NN.O=C(Cl)c1ccccc1.[Cl-]. The Hall–Kier alpha value is -0.610. The molecular weight excluding hydrogens is 199 g/mol. The number of halogens is 2. The van der Waals surface area contributed by atoms with Crippen molar-refractivity contribution < 1.29 is 17.2 Å². The quantitative estimate of drug-likeness (QED) is 0.315. The van der Waals surface area contributed by atoms with Crippen molar-refractivity contribution in [1.82, 2.24) is 0 Å². The first-order chi connectivity index (χ1) is 5.30. The molecule has 0 bridgehead atoms. The third-order valence-corrected chi connectivity index (χ3v) is 1.22. The number of benzene rings is 1. The van der Waals surface area contributed by atoms with Gasteiger partial charge in [0.2, 0.25) is 0 Å². The van der Waals surface area contributed by atoms with Crippen molar-refractivity contribution in [2.75, 3.05) is 0 Å². The normalized spacial score (nSPS) is 7.25. The Morgan fingerprint density at radius 2 is 1.58 bits per heavy atom. The fourth-order valence-electron chi connectivity index (χ4n) is 0.569. The van der Waals surface area contributed by atoms with E-state index in [4.69, 9.17) is 11.6 Å². The summed E-state index contributed by atoms with van der Waals surface area (Å²) in [4.78, 5) is 10.4. The summed E-state index contributed by atoms with van der Waals surface area (Å²) >= 11 is 5.16. The second-order valence-corrected chi connectivity index (χ2v) is 1.98. The molecule has 1 aromatic rings. The number of rotatable bonds is 1. The molecule has 3 nitrogen and oxygen atoms in total. The smallest absolute Gasteiger partial charge is 0.252 e. The minimum Gasteiger partial charge on any atom is -1.00 e. The first-order valence-corrected chi connectivity index (χ1v) is 3.27. The monoisotopic (exact) mass is 207 g/mol. The largest absolute Gasteiger partial charge is 1.00 e. The average molecular weight is 208 g/mol. The standard InChI is InChI=1S/C7H5ClO.ClH.H4N2/c8-7(9)6-4-2-1-3-5-6;;1-2/h1-5H;1H;1-2H2/p-1. The van der Waals surface area contributed by atoms with Crippen molar-refractivity contribution >= 4 is 16.8 Å². The van der Waals surface area contributed by atoms with E-state index in [0.29, 0.717) is 5.56 Å². The highest BCUT2D eigenvalue weighted by Crippen LogP contribution is 2.01. The van der Waals surface area contributed by atoms with Crippen LogP contribution in [0.4, 0.5) is 0 Å². The Labute approximate surface area is 82.1 Å². The maximum Gasteiger partial charge on any atom is 0.252 e. The first kappa shape index (κ1) is 13.9. The maximum atomic E-state index is 10.4. The summed E-state index contributed by atoms with van der Waals surface area (Å²) in [5.74, 6) is 8.00. The van der Waals surface area contributed by atoms with Crippen LogP contribution in [0.25, 0.3) is 0 Å². The fraction of sp³-hybridized carbons (Fsp3) is 0. The van der Waals surface area contributed by atoms with Gasteiger partial charge in [-0.15, -0.1) is 0 Å². The molecule has 0 radical (unpaired) electrons. The van der Waals surface area contributed by atoms with Gasteiger partial charge >= 0.3 is 0 Å². The van der Waals surface area contributed by atoms with Gasteiger partial charge in [0.25, 0.3) is 5.24 Å². The van der Waals surface area contributed by atoms with E-state index in [9.17, 15) is 4.79 Å². The van der Waals surface area contributed by atoms with Gasteiger partial charge in [-0.25, -0.2) is 0 Å². The highest BCUT2D eigenvalue weighted by atomic mass is 35.5. The molecule has 0 aromatic heterocycles. The van der Waals surface area contributed by atoms with Gasteiger partial charge in [-0.3, -0.25) is 16.5 Å². The van der Waals surface area contributed by atoms with Crippen LogP contribution in [-0.2, 0) is 0 Å². The van der Waals surface area contributed by atoms with Crippen molar-refractivity contribution in [3.63, 3.8) is 0 Å². The van der Waals surface area contributed by atoms with E-state index in [2.05, 4.69) is 11.7 Å². The molecule has 5 heteroatoms. The van der Waals surface area contributed by atoms with E-state index in [0.717, 1.165) is 0 Å². The highest BCUT2D eigenvalue weighted by Gasteiger charge is 1.95. The van der Waals surface area contributed by atoms with Crippen LogP contribution in [0.5, 0.6) is 0 Å². The molecule has 1 rings (SSSR count). The Bertz CT molecular complexity index is 216. The lowest BCUT2D eigenvalue weighted by Gasteiger charge is -1.87. The van der Waals surface area contributed by atoms with Crippen molar-refractivity contribution in [3.8, 4) is 0 Å². The van der Waals surface area contributed by atoms with Gasteiger partial charge in [0.1, 0.15) is 0 Å². The van der Waals surface area contributed by atoms with Gasteiger partial charge in [-0.2, -0.15) is 0 Å². The summed E-state index contributed by atoms with van der Waals surface area (Å²) in [6, 6.07) is 8.74. The zero-order chi connectivity index (χ0) is 8.69. The zero-order valence-corrected chi connectivity index (χ0v) is 7.72. The molecule has 0 aliphatic heterocycles. The molecule has 0 aliphatic rings. The summed E-state index contributed by atoms with van der Waals surface area (Å²) in [7, 11) is 0. The number of carbonyl (C=O) groups excluding carboxylic acids is 1. The second kappa shape index (κ2) is 8.49. The van der Waals surface area contributed by atoms with Crippen LogP contribution in [0, 0.1) is 0 Å². The minimum atomic E-state index is -0.407. The summed E-state index contributed by atoms with van der Waals surface area (Å²) < 4.78 is 0. The second-order valence-electron chi connectivity index (χ2n) is 1.64. The summed E-state index contributed by atoms with van der Waals surface area (Å²) in [6.45, 7) is 0. The summed E-state index contributed by atoms with van der Waals surface area (Å²) in [5, 5.41) is -0.407. The molecule has 0 saturated carbocycles. The molecule has 0 unspecified atom stereocenters. The van der Waals surface area contributed by atoms with Crippen LogP contribution in [0.15, 0.2) is 30.3 Å². The van der Waals surface area contributed by atoms with Crippen LogP contribution in [0.1, 0.15) is 10.4 Å². The molecular formula is C7H9Cl2N2O-. The molecule has 0 fully saturated rings. The van der Waals surface area contributed by atoms with Crippen molar-refractivity contribution in [3.05, 3.63) is 35.9 Å². The van der Waals surface area contributed by atoms with Gasteiger partial charge in [-0.05, 0) is 11.6 Å². The van der Waals surface area contributed by atoms with E-state index >= 15 is 0 Å².